The first-order valence-corrected chi connectivity index (χ1v) is 6.72. The predicted molar refractivity (Wildman–Crippen MR) is 72.0 cm³/mol. The fraction of sp³-hybridized carbons (Fsp3) is 0.545. The van der Waals surface area contributed by atoms with Gasteiger partial charge in [0.2, 0.25) is 0 Å². The van der Waals surface area contributed by atoms with E-state index in [-0.39, 0.29) is 9.90 Å². The molecule has 0 saturated carbocycles. The summed E-state index contributed by atoms with van der Waals surface area (Å²) in [5.74, 6) is -1.03. The van der Waals surface area contributed by atoms with Crippen LogP contribution >= 0.6 is 22.9 Å². The van der Waals surface area contributed by atoms with Crippen LogP contribution < -0.4 is 4.78 Å². The smallest absolute Gasteiger partial charge is 0.477 e. The van der Waals surface area contributed by atoms with Crippen LogP contribution in [0.4, 0.5) is 0 Å². The molecule has 4 nitrogen and oxygen atoms in total. The van der Waals surface area contributed by atoms with E-state index in [1.165, 1.54) is 0 Å². The molecule has 1 aliphatic heterocycles. The Morgan fingerprint density at radius 3 is 2.22 bits per heavy atom. The number of aromatic carboxylic acids is 1. The number of carbonyl (C=O) groups is 1. The zero-order chi connectivity index (χ0) is 13.7. The first-order chi connectivity index (χ1) is 8.14. The minimum atomic E-state index is -1.03. The van der Waals surface area contributed by atoms with Gasteiger partial charge in [0.05, 0.1) is 16.2 Å². The van der Waals surface area contributed by atoms with Gasteiger partial charge in [-0.1, -0.05) is 11.6 Å². The predicted octanol–water partition coefficient (Wildman–Crippen LogP) is 2.40. The molecule has 0 bridgehead atoms. The number of rotatable bonds is 2. The summed E-state index contributed by atoms with van der Waals surface area (Å²) in [5, 5.41) is 9.19. The molecule has 0 amide bonds. The van der Waals surface area contributed by atoms with Crippen molar-refractivity contribution < 1.29 is 19.2 Å². The third kappa shape index (κ3) is 2.18. The highest BCUT2D eigenvalue weighted by atomic mass is 35.5. The van der Waals surface area contributed by atoms with Crippen molar-refractivity contribution in [3.63, 3.8) is 0 Å². The molecule has 0 unspecified atom stereocenters. The average molecular weight is 289 g/mol. The van der Waals surface area contributed by atoms with Crippen LogP contribution in [0.5, 0.6) is 0 Å². The highest BCUT2D eigenvalue weighted by Gasteiger charge is 2.52. The Morgan fingerprint density at radius 2 is 1.83 bits per heavy atom. The lowest BCUT2D eigenvalue weighted by molar-refractivity contribution is 0.00578. The van der Waals surface area contributed by atoms with Crippen molar-refractivity contribution in [1.82, 2.24) is 0 Å². The summed E-state index contributed by atoms with van der Waals surface area (Å²) in [7, 11) is -0.564. The van der Waals surface area contributed by atoms with Crippen molar-refractivity contribution in [3.05, 3.63) is 16.0 Å². The largest absolute Gasteiger partial charge is 0.505 e. The monoisotopic (exact) mass is 288 g/mol. The zero-order valence-electron chi connectivity index (χ0n) is 10.6. The van der Waals surface area contributed by atoms with Gasteiger partial charge in [0.15, 0.2) is 0 Å². The Bertz CT molecular complexity index is 481. The van der Waals surface area contributed by atoms with Crippen LogP contribution in [-0.4, -0.2) is 29.4 Å². The Labute approximate surface area is 115 Å². The molecule has 1 fully saturated rings. The fourth-order valence-electron chi connectivity index (χ4n) is 1.61. The molecule has 2 heterocycles. The second-order valence-corrected chi connectivity index (χ2v) is 6.71. The third-order valence-corrected chi connectivity index (χ3v) is 4.94. The Kier molecular flexibility index (Phi) is 3.26. The van der Waals surface area contributed by atoms with Crippen molar-refractivity contribution in [2.75, 3.05) is 0 Å². The molecule has 18 heavy (non-hydrogen) atoms. The lowest BCUT2D eigenvalue weighted by atomic mass is 9.88. The molecular formula is C11H14BClO4S. The lowest BCUT2D eigenvalue weighted by Crippen LogP contribution is -2.41. The van der Waals surface area contributed by atoms with E-state index in [0.717, 1.165) is 11.3 Å². The summed E-state index contributed by atoms with van der Waals surface area (Å²) in [6, 6.07) is 1.60. The molecule has 7 heteroatoms. The number of thiophene rings is 1. The molecule has 1 aromatic heterocycles. The van der Waals surface area contributed by atoms with Crippen LogP contribution in [0.25, 0.3) is 0 Å². The van der Waals surface area contributed by atoms with Gasteiger partial charge in [0, 0.05) is 4.78 Å². The van der Waals surface area contributed by atoms with E-state index in [9.17, 15) is 4.79 Å². The number of halogens is 1. The fourth-order valence-corrected chi connectivity index (χ4v) is 2.84. The molecule has 0 aromatic carbocycles. The first-order valence-electron chi connectivity index (χ1n) is 5.52. The Balaban J connectivity index is 2.30. The lowest BCUT2D eigenvalue weighted by Gasteiger charge is -2.32. The van der Waals surface area contributed by atoms with Crippen LogP contribution in [0.2, 0.25) is 5.02 Å². The Morgan fingerprint density at radius 1 is 1.33 bits per heavy atom. The molecule has 98 valence electrons. The highest BCUT2D eigenvalue weighted by Crippen LogP contribution is 2.37. The van der Waals surface area contributed by atoms with Crippen molar-refractivity contribution >= 4 is 40.8 Å². The van der Waals surface area contributed by atoms with Crippen LogP contribution in [0, 0.1) is 0 Å². The van der Waals surface area contributed by atoms with Gasteiger partial charge in [0.1, 0.15) is 4.88 Å². The minimum Gasteiger partial charge on any atom is -0.477 e. The van der Waals surface area contributed by atoms with Gasteiger partial charge < -0.3 is 14.4 Å². The maximum absolute atomic E-state index is 10.9. The first kappa shape index (κ1) is 13.9. The van der Waals surface area contributed by atoms with E-state index in [4.69, 9.17) is 26.0 Å². The summed E-state index contributed by atoms with van der Waals surface area (Å²) < 4.78 is 12.3. The van der Waals surface area contributed by atoms with Crippen LogP contribution in [0.3, 0.4) is 0 Å². The molecule has 0 spiro atoms. The summed E-state index contributed by atoms with van der Waals surface area (Å²) in [6.45, 7) is 7.78. The molecule has 1 N–H and O–H groups in total. The van der Waals surface area contributed by atoms with Gasteiger partial charge >= 0.3 is 13.1 Å². The molecular weight excluding hydrogens is 274 g/mol. The maximum atomic E-state index is 10.9. The second-order valence-electron chi connectivity index (χ2n) is 5.22. The van der Waals surface area contributed by atoms with E-state index in [2.05, 4.69) is 0 Å². The molecule has 0 aliphatic carbocycles. The average Bonchev–Trinajstić information content (AvgIpc) is 2.66. The van der Waals surface area contributed by atoms with E-state index in [0.29, 0.717) is 4.78 Å². The van der Waals surface area contributed by atoms with Crippen molar-refractivity contribution in [1.29, 1.82) is 0 Å². The third-order valence-electron chi connectivity index (χ3n) is 3.39. The van der Waals surface area contributed by atoms with Crippen LogP contribution in [0.1, 0.15) is 37.4 Å². The van der Waals surface area contributed by atoms with Crippen molar-refractivity contribution in [2.24, 2.45) is 0 Å². The van der Waals surface area contributed by atoms with Gasteiger partial charge in [0.25, 0.3) is 0 Å². The molecule has 2 rings (SSSR count). The summed E-state index contributed by atoms with van der Waals surface area (Å²) in [6.07, 6.45) is 0. The van der Waals surface area contributed by atoms with Crippen molar-refractivity contribution in [3.8, 4) is 0 Å². The Hall–Kier alpha value is -0.555. The minimum absolute atomic E-state index is 0.112. The summed E-state index contributed by atoms with van der Waals surface area (Å²) in [4.78, 5) is 11.1. The maximum Gasteiger partial charge on any atom is 0.505 e. The zero-order valence-corrected chi connectivity index (χ0v) is 12.2. The second kappa shape index (κ2) is 4.23. The topological polar surface area (TPSA) is 55.8 Å². The van der Waals surface area contributed by atoms with E-state index in [1.54, 1.807) is 6.07 Å². The quantitative estimate of drug-likeness (QED) is 0.849. The summed E-state index contributed by atoms with van der Waals surface area (Å²) in [5.41, 5.74) is -0.894. The number of carboxylic acid groups (broad SMARTS) is 1. The highest BCUT2D eigenvalue weighted by molar-refractivity contribution is 7.24. The van der Waals surface area contributed by atoms with Gasteiger partial charge in [-0.05, 0) is 33.8 Å². The summed E-state index contributed by atoms with van der Waals surface area (Å²) >= 11 is 6.96. The standard InChI is InChI=1S/C11H14BClO4S/c1-10(2)11(3,4)17-12(16-10)7-5-6(13)8(18-7)9(14)15/h5H,1-4H3,(H,14,15). The van der Waals surface area contributed by atoms with Crippen LogP contribution in [-0.2, 0) is 9.31 Å². The molecule has 1 saturated heterocycles. The number of hydrogen-bond acceptors (Lipinski definition) is 4. The van der Waals surface area contributed by atoms with E-state index in [1.807, 2.05) is 27.7 Å². The molecule has 0 atom stereocenters. The molecule has 1 aliphatic rings. The van der Waals surface area contributed by atoms with Gasteiger partial charge in [-0.2, -0.15) is 0 Å². The number of hydrogen-bond donors (Lipinski definition) is 1. The van der Waals surface area contributed by atoms with E-state index < -0.39 is 24.3 Å². The van der Waals surface area contributed by atoms with Gasteiger partial charge in [-0.3, -0.25) is 0 Å². The van der Waals surface area contributed by atoms with Gasteiger partial charge in [-0.25, -0.2) is 4.79 Å². The van der Waals surface area contributed by atoms with Gasteiger partial charge in [-0.15, -0.1) is 11.3 Å². The SMILES string of the molecule is CC1(C)OB(c2cc(Cl)c(C(=O)O)s2)OC1(C)C. The van der Waals surface area contributed by atoms with E-state index >= 15 is 0 Å². The molecule has 0 radical (unpaired) electrons. The molecule has 1 aromatic rings. The van der Waals surface area contributed by atoms with Crippen molar-refractivity contribution in [2.45, 2.75) is 38.9 Å². The van der Waals surface area contributed by atoms with Crippen LogP contribution in [0.15, 0.2) is 6.07 Å². The number of carboxylic acids is 1. The normalized spacial score (nSPS) is 21.3.